The highest BCUT2D eigenvalue weighted by Gasteiger charge is 2.54. The standard InChI is InChI=1S/C33H45N7O6.C7H14/c1-31(2,46)25(17-34)40(36)23-16-24(30(45)38-33(27(42)28(35)43)13-11-32(9-10-32)12-14-33)39(19-23)26(41)18-37-29(44)22-8-7-20-5-3-4-6-21(20)15-22;1-7-5-3-2-4-6-7/h3-8,15,17,23-24,27,42,46H,9-14,16,18-19,34,36H2,1-2H3,(H2,35,43)(H,37,44)(H,38,45);7H,2-6H2,1H3/b25-17-;. The summed E-state index contributed by atoms with van der Waals surface area (Å²) in [6.07, 6.45) is 11.4. The Balaban J connectivity index is 0.000000693. The number of aliphatic hydroxyl groups excluding tert-OH is 1. The number of aliphatic hydroxyl groups is 2. The lowest BCUT2D eigenvalue weighted by molar-refractivity contribution is -0.142. The molecule has 0 aromatic heterocycles. The van der Waals surface area contributed by atoms with E-state index in [4.69, 9.17) is 17.3 Å². The minimum Gasteiger partial charge on any atom is -0.403 e. The maximum atomic E-state index is 14.0. The second-order valence-electron chi connectivity index (χ2n) is 16.4. The summed E-state index contributed by atoms with van der Waals surface area (Å²) in [5, 5.41) is 30.3. The van der Waals surface area contributed by atoms with Crippen molar-refractivity contribution in [1.29, 1.82) is 0 Å². The number of rotatable bonds is 10. The van der Waals surface area contributed by atoms with Gasteiger partial charge in [-0.25, -0.2) is 5.84 Å². The molecule has 1 heterocycles. The topological polar surface area (TPSA) is 217 Å². The van der Waals surface area contributed by atoms with Gasteiger partial charge in [0, 0.05) is 24.7 Å². The van der Waals surface area contributed by atoms with E-state index in [1.165, 1.54) is 62.1 Å². The van der Waals surface area contributed by atoms with Crippen LogP contribution in [0.15, 0.2) is 54.4 Å². The molecule has 1 saturated heterocycles. The number of hydrogen-bond donors (Lipinski definition) is 7. The van der Waals surface area contributed by atoms with Crippen LogP contribution in [0, 0.1) is 11.3 Å². The van der Waals surface area contributed by atoms with Crippen LogP contribution in [0.5, 0.6) is 0 Å². The zero-order valence-corrected chi connectivity index (χ0v) is 31.5. The third-order valence-corrected chi connectivity index (χ3v) is 12.0. The second-order valence-corrected chi connectivity index (χ2v) is 16.4. The number of benzene rings is 2. The Kier molecular flexibility index (Phi) is 12.4. The van der Waals surface area contributed by atoms with Gasteiger partial charge >= 0.3 is 0 Å². The Labute approximate surface area is 312 Å². The summed E-state index contributed by atoms with van der Waals surface area (Å²) >= 11 is 0. The van der Waals surface area contributed by atoms with Gasteiger partial charge < -0.3 is 42.2 Å². The smallest absolute Gasteiger partial charge is 0.251 e. The molecule has 2 aromatic rings. The van der Waals surface area contributed by atoms with Crippen LogP contribution < -0.4 is 27.9 Å². The maximum Gasteiger partial charge on any atom is 0.251 e. The first-order valence-electron chi connectivity index (χ1n) is 19.1. The van der Waals surface area contributed by atoms with Gasteiger partial charge in [0.2, 0.25) is 17.7 Å². The molecule has 3 atom stereocenters. The molecular weight excluding hydrogens is 674 g/mol. The van der Waals surface area contributed by atoms with Crippen LogP contribution in [0.3, 0.4) is 0 Å². The summed E-state index contributed by atoms with van der Waals surface area (Å²) < 4.78 is 0. The van der Waals surface area contributed by atoms with E-state index >= 15 is 0 Å². The number of primary amides is 1. The third-order valence-electron chi connectivity index (χ3n) is 12.0. The van der Waals surface area contributed by atoms with E-state index < -0.39 is 59.5 Å². The fourth-order valence-electron chi connectivity index (χ4n) is 8.31. The highest BCUT2D eigenvalue weighted by atomic mass is 16.3. The minimum atomic E-state index is -1.61. The van der Waals surface area contributed by atoms with Gasteiger partial charge in [-0.15, -0.1) is 0 Å². The second kappa shape index (κ2) is 16.4. The number of hydrazine groups is 1. The molecule has 0 radical (unpaired) electrons. The first kappa shape index (κ1) is 40.0. The molecule has 1 spiro atoms. The molecule has 4 amide bonds. The Morgan fingerprint density at radius 1 is 1.00 bits per heavy atom. The number of nitrogens with two attached hydrogens (primary N) is 3. The number of carbonyl (C=O) groups is 4. The van der Waals surface area contributed by atoms with Crippen LogP contribution in [0.25, 0.3) is 10.8 Å². The van der Waals surface area contributed by atoms with Crippen molar-refractivity contribution in [3.8, 4) is 0 Å². The van der Waals surface area contributed by atoms with Gasteiger partial charge in [-0.1, -0.05) is 69.4 Å². The van der Waals surface area contributed by atoms with E-state index in [2.05, 4.69) is 17.6 Å². The van der Waals surface area contributed by atoms with Gasteiger partial charge in [-0.05, 0) is 86.6 Å². The quantitative estimate of drug-likeness (QED) is 0.141. The van der Waals surface area contributed by atoms with Crippen molar-refractivity contribution in [3.05, 3.63) is 59.9 Å². The Bertz CT molecular complexity index is 1670. The number of hydrogen-bond acceptors (Lipinski definition) is 9. The molecule has 13 nitrogen and oxygen atoms in total. The number of carbonyl (C=O) groups excluding carboxylic acids is 4. The molecule has 10 N–H and O–H groups in total. The number of amides is 4. The van der Waals surface area contributed by atoms with Gasteiger partial charge in [0.25, 0.3) is 5.91 Å². The zero-order chi connectivity index (χ0) is 38.6. The molecule has 1 aliphatic heterocycles. The molecule has 3 saturated carbocycles. The zero-order valence-electron chi connectivity index (χ0n) is 31.5. The number of fused-ring (bicyclic) bond motifs is 1. The van der Waals surface area contributed by atoms with Gasteiger partial charge in [-0.2, -0.15) is 0 Å². The normalized spacial score (nSPS) is 23.1. The summed E-state index contributed by atoms with van der Waals surface area (Å²) in [4.78, 5) is 54.2. The van der Waals surface area contributed by atoms with E-state index in [-0.39, 0.29) is 24.1 Å². The largest absolute Gasteiger partial charge is 0.403 e. The molecule has 4 aliphatic rings. The Hall–Kier alpha value is -4.20. The van der Waals surface area contributed by atoms with E-state index in [1.807, 2.05) is 30.3 Å². The average Bonchev–Trinajstić information content (AvgIpc) is 3.74. The van der Waals surface area contributed by atoms with E-state index in [0.29, 0.717) is 18.4 Å². The molecular formula is C40H59N7O6. The Morgan fingerprint density at radius 3 is 2.17 bits per heavy atom. The predicted octanol–water partition coefficient (Wildman–Crippen LogP) is 2.93. The fourth-order valence-corrected chi connectivity index (χ4v) is 8.31. The van der Waals surface area contributed by atoms with Crippen LogP contribution in [-0.4, -0.2) is 86.2 Å². The molecule has 290 valence electrons. The van der Waals surface area contributed by atoms with Crippen LogP contribution >= 0.6 is 0 Å². The van der Waals surface area contributed by atoms with Crippen LogP contribution in [0.4, 0.5) is 0 Å². The van der Waals surface area contributed by atoms with Gasteiger partial charge in [-0.3, -0.25) is 19.2 Å². The van der Waals surface area contributed by atoms with Crippen molar-refractivity contribution in [2.24, 2.45) is 28.6 Å². The lowest BCUT2D eigenvalue weighted by Gasteiger charge is -2.44. The fraction of sp³-hybridized carbons (Fsp3) is 0.600. The molecule has 2 aromatic carbocycles. The van der Waals surface area contributed by atoms with Gasteiger partial charge in [0.1, 0.15) is 11.6 Å². The maximum absolute atomic E-state index is 14.0. The summed E-state index contributed by atoms with van der Waals surface area (Å²) in [5.74, 6) is 4.96. The van der Waals surface area contributed by atoms with Crippen LogP contribution in [0.2, 0.25) is 0 Å². The van der Waals surface area contributed by atoms with Crippen LogP contribution in [-0.2, 0) is 14.4 Å². The van der Waals surface area contributed by atoms with Crippen molar-refractivity contribution in [1.82, 2.24) is 20.5 Å². The van der Waals surface area contributed by atoms with Gasteiger partial charge in [0.05, 0.1) is 23.8 Å². The highest BCUT2D eigenvalue weighted by Crippen LogP contribution is 2.58. The van der Waals surface area contributed by atoms with Crippen LogP contribution in [0.1, 0.15) is 108 Å². The first-order valence-corrected chi connectivity index (χ1v) is 19.1. The van der Waals surface area contributed by atoms with Crippen molar-refractivity contribution in [2.45, 2.75) is 127 Å². The molecule has 6 rings (SSSR count). The molecule has 13 heteroatoms. The Morgan fingerprint density at radius 2 is 1.62 bits per heavy atom. The SMILES string of the molecule is CC(C)(O)/C(=C/N)N(N)C1CC(C(=O)NC2(C(O)C(N)=O)CCC3(CC3)CC2)N(C(=O)CNC(=O)c2ccc3ccccc3c2)C1.CC1CCCCC1. The lowest BCUT2D eigenvalue weighted by Crippen LogP contribution is -2.64. The molecule has 4 fully saturated rings. The van der Waals surface area contributed by atoms with Crippen molar-refractivity contribution in [2.75, 3.05) is 13.1 Å². The molecule has 53 heavy (non-hydrogen) atoms. The average molecular weight is 734 g/mol. The summed E-state index contributed by atoms with van der Waals surface area (Å²) in [6, 6.07) is 11.1. The number of likely N-dealkylation sites (tertiary alicyclic amines) is 1. The molecule has 0 bridgehead atoms. The van der Waals surface area contributed by atoms with Gasteiger partial charge in [0.15, 0.2) is 6.10 Å². The van der Waals surface area contributed by atoms with Crippen molar-refractivity contribution in [3.63, 3.8) is 0 Å². The number of nitrogens with zero attached hydrogens (tertiary/aromatic N) is 2. The van der Waals surface area contributed by atoms with E-state index in [9.17, 15) is 29.4 Å². The summed E-state index contributed by atoms with van der Waals surface area (Å²) in [6.45, 7) is 4.98. The number of nitrogens with one attached hydrogen (secondary N) is 2. The van der Waals surface area contributed by atoms with E-state index in [1.54, 1.807) is 12.1 Å². The highest BCUT2D eigenvalue weighted by molar-refractivity contribution is 6.00. The molecule has 3 aliphatic carbocycles. The monoisotopic (exact) mass is 733 g/mol. The summed E-state index contributed by atoms with van der Waals surface area (Å²) in [7, 11) is 0. The minimum absolute atomic E-state index is 0.0127. The lowest BCUT2D eigenvalue weighted by atomic mass is 9.71. The summed E-state index contributed by atoms with van der Waals surface area (Å²) in [5.41, 5.74) is 9.40. The van der Waals surface area contributed by atoms with E-state index in [0.717, 1.165) is 42.4 Å². The predicted molar refractivity (Wildman–Crippen MR) is 203 cm³/mol. The van der Waals surface area contributed by atoms with Crippen molar-refractivity contribution < 1.29 is 29.4 Å². The third kappa shape index (κ3) is 9.49. The first-order chi connectivity index (χ1) is 25.1. The van der Waals surface area contributed by atoms with Crippen molar-refractivity contribution >= 4 is 34.4 Å². The molecule has 3 unspecified atom stereocenters.